The Balaban J connectivity index is 1.91. The number of piperidine rings is 1. The third kappa shape index (κ3) is 3.35. The van der Waals surface area contributed by atoms with Crippen molar-refractivity contribution in [1.29, 1.82) is 0 Å². The number of alkyl halides is 1. The highest BCUT2D eigenvalue weighted by Crippen LogP contribution is 2.24. The van der Waals surface area contributed by atoms with Crippen LogP contribution in [-0.4, -0.2) is 18.1 Å². The summed E-state index contributed by atoms with van der Waals surface area (Å²) in [6, 6.07) is 4.17. The zero-order valence-corrected chi connectivity index (χ0v) is 11.3. The van der Waals surface area contributed by atoms with Gasteiger partial charge < -0.3 is 4.90 Å². The number of pyridine rings is 1. The van der Waals surface area contributed by atoms with Crippen LogP contribution in [0.4, 0.5) is 5.82 Å². The van der Waals surface area contributed by atoms with Crippen molar-refractivity contribution in [2.75, 3.05) is 18.0 Å². The standard InChI is InChI=1S/C14H21ClN2/c1-2-3-12-6-8-17(9-7-12)14-5-4-13(10-15)11-16-14/h4-5,11-12H,2-3,6-10H2,1H3. The summed E-state index contributed by atoms with van der Waals surface area (Å²) < 4.78 is 0. The van der Waals surface area contributed by atoms with Gasteiger partial charge in [-0.15, -0.1) is 11.6 Å². The Labute approximate surface area is 109 Å². The highest BCUT2D eigenvalue weighted by Gasteiger charge is 2.19. The number of anilines is 1. The predicted molar refractivity (Wildman–Crippen MR) is 73.6 cm³/mol. The van der Waals surface area contributed by atoms with E-state index in [2.05, 4.69) is 28.9 Å². The van der Waals surface area contributed by atoms with E-state index in [0.29, 0.717) is 5.88 Å². The van der Waals surface area contributed by atoms with Crippen LogP contribution >= 0.6 is 11.6 Å². The lowest BCUT2D eigenvalue weighted by Gasteiger charge is -2.32. The van der Waals surface area contributed by atoms with Gasteiger partial charge in [0.05, 0.1) is 0 Å². The third-order valence-corrected chi connectivity index (χ3v) is 3.91. The normalized spacial score (nSPS) is 17.4. The van der Waals surface area contributed by atoms with Crippen LogP contribution in [0.15, 0.2) is 18.3 Å². The molecule has 0 radical (unpaired) electrons. The molecule has 0 amide bonds. The largest absolute Gasteiger partial charge is 0.357 e. The first-order valence-electron chi connectivity index (χ1n) is 6.59. The molecule has 1 aromatic rings. The van der Waals surface area contributed by atoms with Crippen molar-refractivity contribution in [3.8, 4) is 0 Å². The SMILES string of the molecule is CCCC1CCN(c2ccc(CCl)cn2)CC1. The minimum Gasteiger partial charge on any atom is -0.357 e. The van der Waals surface area contributed by atoms with Crippen molar-refractivity contribution in [2.45, 2.75) is 38.5 Å². The summed E-state index contributed by atoms with van der Waals surface area (Å²) in [4.78, 5) is 6.88. The minimum absolute atomic E-state index is 0.547. The number of nitrogens with zero attached hydrogens (tertiary/aromatic N) is 2. The summed E-state index contributed by atoms with van der Waals surface area (Å²) >= 11 is 5.77. The maximum absolute atomic E-state index is 5.77. The monoisotopic (exact) mass is 252 g/mol. The molecule has 2 nitrogen and oxygen atoms in total. The van der Waals surface area contributed by atoms with Gasteiger partial charge in [-0.2, -0.15) is 0 Å². The lowest BCUT2D eigenvalue weighted by molar-refractivity contribution is 0.377. The first-order valence-corrected chi connectivity index (χ1v) is 7.12. The van der Waals surface area contributed by atoms with Crippen LogP contribution in [0.1, 0.15) is 38.2 Å². The van der Waals surface area contributed by atoms with E-state index >= 15 is 0 Å². The van der Waals surface area contributed by atoms with E-state index in [0.717, 1.165) is 30.4 Å². The van der Waals surface area contributed by atoms with Crippen molar-refractivity contribution in [2.24, 2.45) is 5.92 Å². The zero-order chi connectivity index (χ0) is 12.1. The molecule has 1 saturated heterocycles. The van der Waals surface area contributed by atoms with E-state index in [9.17, 15) is 0 Å². The Bertz CT molecular complexity index is 329. The van der Waals surface area contributed by atoms with Gasteiger partial charge in [-0.05, 0) is 30.4 Å². The van der Waals surface area contributed by atoms with Gasteiger partial charge in [0.15, 0.2) is 0 Å². The number of halogens is 1. The molecule has 17 heavy (non-hydrogen) atoms. The third-order valence-electron chi connectivity index (χ3n) is 3.60. The molecule has 2 rings (SSSR count). The van der Waals surface area contributed by atoms with Crippen molar-refractivity contribution < 1.29 is 0 Å². The fourth-order valence-electron chi connectivity index (χ4n) is 2.54. The second kappa shape index (κ2) is 6.25. The van der Waals surface area contributed by atoms with E-state index in [1.165, 1.54) is 25.7 Å². The summed E-state index contributed by atoms with van der Waals surface area (Å²) in [5.41, 5.74) is 1.09. The zero-order valence-electron chi connectivity index (χ0n) is 10.5. The summed E-state index contributed by atoms with van der Waals surface area (Å²) in [5.74, 6) is 2.58. The molecule has 2 heterocycles. The lowest BCUT2D eigenvalue weighted by Crippen LogP contribution is -2.34. The molecule has 0 spiro atoms. The molecule has 1 aliphatic heterocycles. The second-order valence-corrected chi connectivity index (χ2v) is 5.14. The summed E-state index contributed by atoms with van der Waals surface area (Å²) in [5, 5.41) is 0. The highest BCUT2D eigenvalue weighted by atomic mass is 35.5. The Hall–Kier alpha value is -0.760. The maximum atomic E-state index is 5.77. The molecule has 1 aliphatic rings. The fraction of sp³-hybridized carbons (Fsp3) is 0.643. The first-order chi connectivity index (χ1) is 8.33. The molecule has 0 aromatic carbocycles. The molecular weight excluding hydrogens is 232 g/mol. The van der Waals surface area contributed by atoms with Gasteiger partial charge in [-0.1, -0.05) is 25.8 Å². The van der Waals surface area contributed by atoms with Crippen molar-refractivity contribution >= 4 is 17.4 Å². The van der Waals surface area contributed by atoms with Crippen LogP contribution in [0.25, 0.3) is 0 Å². The quantitative estimate of drug-likeness (QED) is 0.757. The number of hydrogen-bond donors (Lipinski definition) is 0. The first kappa shape index (κ1) is 12.7. The van der Waals surface area contributed by atoms with Gasteiger partial charge in [-0.25, -0.2) is 4.98 Å². The Morgan fingerprint density at radius 2 is 2.12 bits per heavy atom. The molecule has 0 atom stereocenters. The van der Waals surface area contributed by atoms with E-state index in [1.54, 1.807) is 0 Å². The van der Waals surface area contributed by atoms with Crippen LogP contribution < -0.4 is 4.90 Å². The molecule has 0 N–H and O–H groups in total. The fourth-order valence-corrected chi connectivity index (χ4v) is 2.70. The van der Waals surface area contributed by atoms with Gasteiger partial charge in [0.2, 0.25) is 0 Å². The number of rotatable bonds is 4. The Kier molecular flexibility index (Phi) is 4.66. The van der Waals surface area contributed by atoms with E-state index < -0.39 is 0 Å². The molecular formula is C14H21ClN2. The molecule has 1 aromatic heterocycles. The van der Waals surface area contributed by atoms with E-state index in [-0.39, 0.29) is 0 Å². The van der Waals surface area contributed by atoms with Gasteiger partial charge in [0.1, 0.15) is 5.82 Å². The van der Waals surface area contributed by atoms with Crippen molar-refractivity contribution in [3.05, 3.63) is 23.9 Å². The van der Waals surface area contributed by atoms with Gasteiger partial charge >= 0.3 is 0 Å². The molecule has 0 saturated carbocycles. The van der Waals surface area contributed by atoms with Crippen LogP contribution in [0.2, 0.25) is 0 Å². The van der Waals surface area contributed by atoms with Crippen LogP contribution in [0.5, 0.6) is 0 Å². The predicted octanol–water partition coefficient (Wildman–Crippen LogP) is 3.84. The van der Waals surface area contributed by atoms with Crippen molar-refractivity contribution in [3.63, 3.8) is 0 Å². The average molecular weight is 253 g/mol. The Morgan fingerprint density at radius 1 is 1.35 bits per heavy atom. The molecule has 0 unspecified atom stereocenters. The highest BCUT2D eigenvalue weighted by molar-refractivity contribution is 6.17. The van der Waals surface area contributed by atoms with Crippen molar-refractivity contribution in [1.82, 2.24) is 4.98 Å². The van der Waals surface area contributed by atoms with Gasteiger partial charge in [0, 0.05) is 25.2 Å². The van der Waals surface area contributed by atoms with Gasteiger partial charge in [-0.3, -0.25) is 0 Å². The molecule has 0 aliphatic carbocycles. The minimum atomic E-state index is 0.547. The summed E-state index contributed by atoms with van der Waals surface area (Å²) in [6.45, 7) is 4.58. The topological polar surface area (TPSA) is 16.1 Å². The average Bonchev–Trinajstić information content (AvgIpc) is 2.40. The Morgan fingerprint density at radius 3 is 2.65 bits per heavy atom. The second-order valence-electron chi connectivity index (χ2n) is 4.88. The molecule has 3 heteroatoms. The summed E-state index contributed by atoms with van der Waals surface area (Å²) in [6.07, 6.45) is 7.21. The summed E-state index contributed by atoms with van der Waals surface area (Å²) in [7, 11) is 0. The number of aromatic nitrogens is 1. The van der Waals surface area contributed by atoms with Gasteiger partial charge in [0.25, 0.3) is 0 Å². The van der Waals surface area contributed by atoms with E-state index in [4.69, 9.17) is 11.6 Å². The molecule has 1 fully saturated rings. The maximum Gasteiger partial charge on any atom is 0.128 e. The lowest BCUT2D eigenvalue weighted by atomic mass is 9.92. The number of hydrogen-bond acceptors (Lipinski definition) is 2. The molecule has 0 bridgehead atoms. The van der Waals surface area contributed by atoms with Crippen LogP contribution in [0, 0.1) is 5.92 Å². The van der Waals surface area contributed by atoms with E-state index in [1.807, 2.05) is 6.20 Å². The van der Waals surface area contributed by atoms with Crippen LogP contribution in [-0.2, 0) is 5.88 Å². The smallest absolute Gasteiger partial charge is 0.128 e. The molecule has 94 valence electrons. The van der Waals surface area contributed by atoms with Crippen LogP contribution in [0.3, 0.4) is 0 Å².